The molecule has 3 aromatic heterocycles. The Balaban J connectivity index is 1.63. The number of hydrogen-bond acceptors (Lipinski definition) is 10. The monoisotopic (exact) mass is 517 g/mol. The number of alkyl halides is 1. The van der Waals surface area contributed by atoms with Gasteiger partial charge < -0.3 is 24.0 Å². The van der Waals surface area contributed by atoms with Gasteiger partial charge in [-0.25, -0.2) is 9.65 Å². The summed E-state index contributed by atoms with van der Waals surface area (Å²) in [6, 6.07) is 2.59. The molecule has 34 heavy (non-hydrogen) atoms. The number of furan rings is 1. The van der Waals surface area contributed by atoms with Gasteiger partial charge in [-0.15, -0.1) is 11.6 Å². The van der Waals surface area contributed by atoms with Crippen LogP contribution in [0.25, 0.3) is 11.2 Å². The standard InChI is InChI=1S/C18H25ClN7O7P/c1-24(7-3-2-6-19)34(30,32-10-13-4-5-14(33-13)26(28)29)12-31-9-8-25-11-21-15-16(25)22-18(20)23-17(15)27/h4-5,11H,2-3,6-10,12H2,1H3,(H3,20,22,23,27). The highest BCUT2D eigenvalue weighted by Gasteiger charge is 2.30. The largest absolute Gasteiger partial charge is 0.433 e. The second-order valence-electron chi connectivity index (χ2n) is 7.28. The quantitative estimate of drug-likeness (QED) is 0.105. The molecule has 0 aliphatic carbocycles. The summed E-state index contributed by atoms with van der Waals surface area (Å²) in [7, 11) is -1.83. The summed E-state index contributed by atoms with van der Waals surface area (Å²) in [4.78, 5) is 32.5. The van der Waals surface area contributed by atoms with Gasteiger partial charge in [-0.3, -0.25) is 24.5 Å². The van der Waals surface area contributed by atoms with E-state index in [9.17, 15) is 19.5 Å². The highest BCUT2D eigenvalue weighted by molar-refractivity contribution is 7.56. The number of aromatic nitrogens is 4. The van der Waals surface area contributed by atoms with Crippen molar-refractivity contribution in [2.24, 2.45) is 0 Å². The van der Waals surface area contributed by atoms with E-state index >= 15 is 0 Å². The number of rotatable bonds is 14. The van der Waals surface area contributed by atoms with Crippen LogP contribution in [0.3, 0.4) is 0 Å². The first-order chi connectivity index (χ1) is 16.2. The fourth-order valence-electron chi connectivity index (χ4n) is 3.01. The number of nitrogens with two attached hydrogens (primary N) is 1. The lowest BCUT2D eigenvalue weighted by Gasteiger charge is -2.27. The van der Waals surface area contributed by atoms with Crippen LogP contribution in [-0.4, -0.2) is 61.5 Å². The van der Waals surface area contributed by atoms with Crippen LogP contribution in [0, 0.1) is 10.1 Å². The highest BCUT2D eigenvalue weighted by atomic mass is 35.5. The maximum absolute atomic E-state index is 13.6. The Morgan fingerprint density at radius 3 is 2.91 bits per heavy atom. The van der Waals surface area contributed by atoms with Crippen molar-refractivity contribution in [2.75, 3.05) is 38.2 Å². The zero-order valence-electron chi connectivity index (χ0n) is 18.4. The van der Waals surface area contributed by atoms with E-state index in [1.807, 2.05) is 0 Å². The molecule has 0 bridgehead atoms. The minimum Gasteiger partial charge on any atom is -0.403 e. The second kappa shape index (κ2) is 11.6. The molecule has 0 fully saturated rings. The van der Waals surface area contributed by atoms with E-state index in [1.54, 1.807) is 16.3 Å². The van der Waals surface area contributed by atoms with Crippen molar-refractivity contribution in [3.63, 3.8) is 0 Å². The summed E-state index contributed by atoms with van der Waals surface area (Å²) in [5.41, 5.74) is 5.60. The predicted octanol–water partition coefficient (Wildman–Crippen LogP) is 2.54. The molecule has 3 rings (SSSR count). The first kappa shape index (κ1) is 25.8. The van der Waals surface area contributed by atoms with Crippen molar-refractivity contribution >= 4 is 42.1 Å². The Morgan fingerprint density at radius 2 is 2.21 bits per heavy atom. The summed E-state index contributed by atoms with van der Waals surface area (Å²) >= 11 is 5.73. The fourth-order valence-corrected chi connectivity index (χ4v) is 4.80. The number of nitrogen functional groups attached to an aromatic ring is 1. The smallest absolute Gasteiger partial charge is 0.403 e. The summed E-state index contributed by atoms with van der Waals surface area (Å²) in [6.07, 6.45) is 2.63. The first-order valence-electron chi connectivity index (χ1n) is 10.3. The van der Waals surface area contributed by atoms with Gasteiger partial charge in [0, 0.05) is 19.0 Å². The molecule has 0 aliphatic rings. The molecular weight excluding hydrogens is 493 g/mol. The molecular formula is C18H25ClN7O7P. The fraction of sp³-hybridized carbons (Fsp3) is 0.500. The zero-order valence-corrected chi connectivity index (χ0v) is 20.0. The Kier molecular flexibility index (Phi) is 8.80. The van der Waals surface area contributed by atoms with Gasteiger partial charge in [-0.05, 0) is 26.0 Å². The number of H-pyrrole nitrogens is 1. The third-order valence-corrected chi connectivity index (χ3v) is 7.39. The minimum absolute atomic E-state index is 0.0326. The third kappa shape index (κ3) is 6.42. The van der Waals surface area contributed by atoms with E-state index in [1.165, 1.54) is 18.5 Å². The first-order valence-corrected chi connectivity index (χ1v) is 12.6. The maximum Gasteiger partial charge on any atom is 0.433 e. The molecule has 0 aliphatic heterocycles. The third-order valence-electron chi connectivity index (χ3n) is 4.85. The van der Waals surface area contributed by atoms with Crippen molar-refractivity contribution in [1.82, 2.24) is 24.2 Å². The second-order valence-corrected chi connectivity index (χ2v) is 10.1. The lowest BCUT2D eigenvalue weighted by molar-refractivity contribution is -0.402. The van der Waals surface area contributed by atoms with E-state index in [2.05, 4.69) is 15.0 Å². The number of halogens is 1. The number of nitrogens with one attached hydrogen (secondary N) is 1. The zero-order chi connectivity index (χ0) is 24.7. The number of nitrogens with zero attached hydrogens (tertiary/aromatic N) is 5. The average Bonchev–Trinajstić information content (AvgIpc) is 3.43. The van der Waals surface area contributed by atoms with Crippen LogP contribution in [0.4, 0.5) is 11.8 Å². The van der Waals surface area contributed by atoms with Gasteiger partial charge in [-0.2, -0.15) is 4.98 Å². The van der Waals surface area contributed by atoms with Crippen LogP contribution in [0.1, 0.15) is 18.6 Å². The van der Waals surface area contributed by atoms with Gasteiger partial charge in [0.05, 0.1) is 19.0 Å². The number of anilines is 1. The molecule has 0 saturated heterocycles. The lowest BCUT2D eigenvalue weighted by atomic mass is 10.3. The number of unbranched alkanes of at least 4 members (excludes halogenated alkanes) is 1. The molecule has 0 aromatic carbocycles. The molecule has 3 aromatic rings. The van der Waals surface area contributed by atoms with Crippen LogP contribution in [0.15, 0.2) is 27.7 Å². The molecule has 1 atom stereocenters. The highest BCUT2D eigenvalue weighted by Crippen LogP contribution is 2.50. The van der Waals surface area contributed by atoms with E-state index < -0.39 is 23.9 Å². The molecule has 0 amide bonds. The molecule has 0 saturated carbocycles. The minimum atomic E-state index is -3.48. The van der Waals surface area contributed by atoms with Crippen LogP contribution in [0.5, 0.6) is 0 Å². The Hall–Kier alpha value is -2.77. The predicted molar refractivity (Wildman–Crippen MR) is 124 cm³/mol. The number of nitro groups is 1. The topological polar surface area (TPSA) is 185 Å². The molecule has 16 heteroatoms. The molecule has 1 unspecified atom stereocenters. The molecule has 3 heterocycles. The maximum atomic E-state index is 13.6. The van der Waals surface area contributed by atoms with Crippen molar-refractivity contribution in [2.45, 2.75) is 26.0 Å². The summed E-state index contributed by atoms with van der Waals surface area (Å²) in [5, 5.41) is 10.8. The SMILES string of the molecule is CN(CCCCCl)P(=O)(COCCn1cnc2c(=O)[nH]c(N)nc21)OCc1ccc([N+](=O)[O-])o1. The molecule has 14 nitrogen and oxygen atoms in total. The van der Waals surface area contributed by atoms with Crippen molar-refractivity contribution < 1.29 is 23.2 Å². The van der Waals surface area contributed by atoms with Crippen LogP contribution in [-0.2, 0) is 27.0 Å². The Bertz CT molecular complexity index is 1230. The van der Waals surface area contributed by atoms with Gasteiger partial charge in [0.25, 0.3) is 13.1 Å². The van der Waals surface area contributed by atoms with E-state index in [4.69, 9.17) is 31.0 Å². The van der Waals surface area contributed by atoms with Crippen LogP contribution in [0.2, 0.25) is 0 Å². The van der Waals surface area contributed by atoms with E-state index in [-0.39, 0.29) is 43.3 Å². The number of fused-ring (bicyclic) bond motifs is 1. The number of imidazole rings is 1. The van der Waals surface area contributed by atoms with Gasteiger partial charge in [0.15, 0.2) is 11.2 Å². The lowest BCUT2D eigenvalue weighted by Crippen LogP contribution is -2.22. The normalized spacial score (nSPS) is 13.5. The van der Waals surface area contributed by atoms with Gasteiger partial charge >= 0.3 is 5.88 Å². The summed E-state index contributed by atoms with van der Waals surface area (Å²) in [6.45, 7) is 0.609. The van der Waals surface area contributed by atoms with E-state index in [0.29, 0.717) is 24.5 Å². The number of hydrogen-bond donors (Lipinski definition) is 2. The Morgan fingerprint density at radius 1 is 1.41 bits per heavy atom. The van der Waals surface area contributed by atoms with Gasteiger partial charge in [0.1, 0.15) is 23.6 Å². The van der Waals surface area contributed by atoms with Gasteiger partial charge in [-0.1, -0.05) is 0 Å². The van der Waals surface area contributed by atoms with Gasteiger partial charge in [0.2, 0.25) is 5.95 Å². The van der Waals surface area contributed by atoms with Crippen LogP contribution < -0.4 is 11.3 Å². The molecule has 0 radical (unpaired) electrons. The summed E-state index contributed by atoms with van der Waals surface area (Å²) in [5.74, 6) is 0.182. The van der Waals surface area contributed by atoms with Crippen molar-refractivity contribution in [3.8, 4) is 0 Å². The van der Waals surface area contributed by atoms with Crippen molar-refractivity contribution in [3.05, 3.63) is 44.7 Å². The van der Waals surface area contributed by atoms with E-state index in [0.717, 1.165) is 6.42 Å². The van der Waals surface area contributed by atoms with Crippen molar-refractivity contribution in [1.29, 1.82) is 0 Å². The molecule has 3 N–H and O–H groups in total. The summed E-state index contributed by atoms with van der Waals surface area (Å²) < 4.78 is 33.1. The van der Waals surface area contributed by atoms with Crippen LogP contribution >= 0.6 is 19.1 Å². The number of aromatic amines is 1. The Labute approximate surface area is 198 Å². The molecule has 186 valence electrons. The average molecular weight is 518 g/mol. The number of ether oxygens (including phenoxy) is 1. The molecule has 0 spiro atoms.